The van der Waals surface area contributed by atoms with Gasteiger partial charge in [0.15, 0.2) is 0 Å². The van der Waals surface area contributed by atoms with Crippen molar-refractivity contribution in [2.75, 3.05) is 19.6 Å². The Bertz CT molecular complexity index is 849. The lowest BCUT2D eigenvalue weighted by atomic mass is 9.93. The zero-order valence-electron chi connectivity index (χ0n) is 18.3. The highest BCUT2D eigenvalue weighted by Gasteiger charge is 2.17. The molecule has 0 fully saturated rings. The average molecular weight is 389 g/mol. The molecule has 29 heavy (non-hydrogen) atoms. The Morgan fingerprint density at radius 3 is 2.28 bits per heavy atom. The summed E-state index contributed by atoms with van der Waals surface area (Å²) < 4.78 is 0. The van der Waals surface area contributed by atoms with E-state index in [0.29, 0.717) is 12.1 Å². The van der Waals surface area contributed by atoms with E-state index in [2.05, 4.69) is 104 Å². The molecule has 0 aromatic heterocycles. The van der Waals surface area contributed by atoms with Crippen LogP contribution in [0.2, 0.25) is 0 Å². The first kappa shape index (κ1) is 21.5. The monoisotopic (exact) mass is 388 g/mol. The summed E-state index contributed by atoms with van der Waals surface area (Å²) in [4.78, 5) is 2.51. The molecule has 154 valence electrons. The van der Waals surface area contributed by atoms with Crippen LogP contribution in [0.25, 0.3) is 10.8 Å². The third kappa shape index (κ3) is 6.16. The lowest BCUT2D eigenvalue weighted by Gasteiger charge is -2.26. The van der Waals surface area contributed by atoms with Crippen LogP contribution in [-0.4, -0.2) is 30.6 Å². The van der Waals surface area contributed by atoms with E-state index in [9.17, 15) is 0 Å². The molecule has 2 nitrogen and oxygen atoms in total. The van der Waals surface area contributed by atoms with Gasteiger partial charge in [-0.05, 0) is 67.7 Å². The van der Waals surface area contributed by atoms with Gasteiger partial charge in [-0.2, -0.15) is 0 Å². The maximum absolute atomic E-state index is 3.97. The Labute approximate surface area is 176 Å². The van der Waals surface area contributed by atoms with Crippen molar-refractivity contribution in [2.45, 2.75) is 52.1 Å². The highest BCUT2D eigenvalue weighted by atomic mass is 15.1. The summed E-state index contributed by atoms with van der Waals surface area (Å²) in [6.45, 7) is 10.3. The summed E-state index contributed by atoms with van der Waals surface area (Å²) in [5, 5.41) is 6.64. The number of hydrogen-bond acceptors (Lipinski definition) is 2. The normalized spacial score (nSPS) is 13.7. The standard InChI is InChI=1S/C27H36N2/c1-4-29(5-2)20-12-13-22(3)28-27(21-23-14-7-6-8-15-23)26-19-11-17-24-16-9-10-18-25(24)26/h6-11,14-19,22,27-28H,4-5,12-13,20-21H2,1-3H3/t22-,27-/m0/s1. The van der Waals surface area contributed by atoms with Crippen molar-refractivity contribution in [1.29, 1.82) is 0 Å². The molecule has 3 aromatic carbocycles. The van der Waals surface area contributed by atoms with Gasteiger partial charge in [-0.3, -0.25) is 0 Å². The molecule has 0 heterocycles. The molecule has 0 aliphatic heterocycles. The molecule has 2 atom stereocenters. The molecule has 2 heteroatoms. The highest BCUT2D eigenvalue weighted by molar-refractivity contribution is 5.86. The molecule has 0 aliphatic rings. The molecule has 0 unspecified atom stereocenters. The van der Waals surface area contributed by atoms with Crippen LogP contribution in [0.3, 0.4) is 0 Å². The fourth-order valence-electron chi connectivity index (χ4n) is 4.25. The largest absolute Gasteiger partial charge is 0.307 e. The number of nitrogens with zero attached hydrogens (tertiary/aromatic N) is 1. The summed E-state index contributed by atoms with van der Waals surface area (Å²) in [7, 11) is 0. The molecular weight excluding hydrogens is 352 g/mol. The van der Waals surface area contributed by atoms with Crippen molar-refractivity contribution >= 4 is 10.8 Å². The van der Waals surface area contributed by atoms with E-state index in [1.165, 1.54) is 41.3 Å². The summed E-state index contributed by atoms with van der Waals surface area (Å²) in [5.41, 5.74) is 2.79. The van der Waals surface area contributed by atoms with E-state index >= 15 is 0 Å². The van der Waals surface area contributed by atoms with E-state index in [-0.39, 0.29) is 0 Å². The first-order chi connectivity index (χ1) is 14.2. The fraction of sp³-hybridized carbons (Fsp3) is 0.407. The molecule has 0 spiro atoms. The van der Waals surface area contributed by atoms with Crippen LogP contribution in [-0.2, 0) is 6.42 Å². The Morgan fingerprint density at radius 2 is 1.52 bits per heavy atom. The molecule has 3 rings (SSSR count). The van der Waals surface area contributed by atoms with Crippen molar-refractivity contribution in [3.8, 4) is 0 Å². The van der Waals surface area contributed by atoms with Crippen LogP contribution >= 0.6 is 0 Å². The zero-order chi connectivity index (χ0) is 20.5. The lowest BCUT2D eigenvalue weighted by Crippen LogP contribution is -2.33. The minimum Gasteiger partial charge on any atom is -0.307 e. The van der Waals surface area contributed by atoms with Crippen molar-refractivity contribution in [3.05, 3.63) is 83.9 Å². The van der Waals surface area contributed by atoms with Gasteiger partial charge in [-0.25, -0.2) is 0 Å². The highest BCUT2D eigenvalue weighted by Crippen LogP contribution is 2.27. The van der Waals surface area contributed by atoms with Crippen LogP contribution in [0.1, 0.15) is 50.8 Å². The first-order valence-electron chi connectivity index (χ1n) is 11.2. The van der Waals surface area contributed by atoms with Crippen LogP contribution in [0, 0.1) is 0 Å². The average Bonchev–Trinajstić information content (AvgIpc) is 2.76. The molecule has 0 radical (unpaired) electrons. The van der Waals surface area contributed by atoms with Gasteiger partial charge in [0.1, 0.15) is 0 Å². The molecule has 3 aromatic rings. The second-order valence-corrected chi connectivity index (χ2v) is 8.05. The van der Waals surface area contributed by atoms with Gasteiger partial charge in [0, 0.05) is 12.1 Å². The van der Waals surface area contributed by atoms with Gasteiger partial charge >= 0.3 is 0 Å². The number of fused-ring (bicyclic) bond motifs is 1. The van der Waals surface area contributed by atoms with E-state index in [1.807, 2.05) is 0 Å². The molecule has 0 saturated carbocycles. The minimum absolute atomic E-state index is 0.312. The van der Waals surface area contributed by atoms with E-state index in [0.717, 1.165) is 19.5 Å². The topological polar surface area (TPSA) is 15.3 Å². The Morgan fingerprint density at radius 1 is 0.828 bits per heavy atom. The van der Waals surface area contributed by atoms with Gasteiger partial charge in [-0.1, -0.05) is 86.6 Å². The number of hydrogen-bond donors (Lipinski definition) is 1. The van der Waals surface area contributed by atoms with Crippen LogP contribution in [0.15, 0.2) is 72.8 Å². The van der Waals surface area contributed by atoms with Gasteiger partial charge in [0.2, 0.25) is 0 Å². The number of rotatable bonds is 11. The fourth-order valence-corrected chi connectivity index (χ4v) is 4.25. The summed E-state index contributed by atoms with van der Waals surface area (Å²) >= 11 is 0. The Hall–Kier alpha value is -2.16. The molecule has 1 N–H and O–H groups in total. The van der Waals surface area contributed by atoms with Gasteiger partial charge in [0.25, 0.3) is 0 Å². The number of benzene rings is 3. The van der Waals surface area contributed by atoms with Crippen molar-refractivity contribution in [1.82, 2.24) is 10.2 Å². The van der Waals surface area contributed by atoms with Crippen molar-refractivity contribution in [3.63, 3.8) is 0 Å². The van der Waals surface area contributed by atoms with Crippen LogP contribution < -0.4 is 5.32 Å². The quantitative estimate of drug-likeness (QED) is 0.419. The maximum Gasteiger partial charge on any atom is 0.0369 e. The van der Waals surface area contributed by atoms with E-state index in [4.69, 9.17) is 0 Å². The SMILES string of the molecule is CCN(CC)CCC[C@H](C)N[C@@H](Cc1ccccc1)c1cccc2ccccc12. The van der Waals surface area contributed by atoms with Crippen LogP contribution in [0.4, 0.5) is 0 Å². The summed E-state index contributed by atoms with van der Waals surface area (Å²) in [6.07, 6.45) is 3.45. The van der Waals surface area contributed by atoms with Crippen molar-refractivity contribution < 1.29 is 0 Å². The predicted octanol–water partition coefficient (Wildman–Crippen LogP) is 6.22. The predicted molar refractivity (Wildman–Crippen MR) is 126 cm³/mol. The summed E-state index contributed by atoms with van der Waals surface area (Å²) in [6, 6.07) is 27.1. The molecule has 0 aliphatic carbocycles. The minimum atomic E-state index is 0.312. The first-order valence-corrected chi connectivity index (χ1v) is 11.2. The Kier molecular flexibility index (Phi) is 8.27. The zero-order valence-corrected chi connectivity index (χ0v) is 18.3. The van der Waals surface area contributed by atoms with Gasteiger partial charge < -0.3 is 10.2 Å². The number of nitrogens with one attached hydrogen (secondary N) is 1. The third-order valence-electron chi connectivity index (χ3n) is 5.97. The van der Waals surface area contributed by atoms with Crippen LogP contribution in [0.5, 0.6) is 0 Å². The lowest BCUT2D eigenvalue weighted by molar-refractivity contribution is 0.288. The van der Waals surface area contributed by atoms with Gasteiger partial charge in [0.05, 0.1) is 0 Å². The molecule has 0 bridgehead atoms. The Balaban J connectivity index is 1.76. The van der Waals surface area contributed by atoms with Crippen molar-refractivity contribution in [2.24, 2.45) is 0 Å². The van der Waals surface area contributed by atoms with E-state index in [1.54, 1.807) is 0 Å². The molecule has 0 saturated heterocycles. The van der Waals surface area contributed by atoms with E-state index < -0.39 is 0 Å². The molecular formula is C27H36N2. The summed E-state index contributed by atoms with van der Waals surface area (Å²) in [5.74, 6) is 0. The maximum atomic E-state index is 3.97. The smallest absolute Gasteiger partial charge is 0.0369 e. The second-order valence-electron chi connectivity index (χ2n) is 8.05. The molecule has 0 amide bonds. The third-order valence-corrected chi connectivity index (χ3v) is 5.97. The second kappa shape index (κ2) is 11.1. The van der Waals surface area contributed by atoms with Gasteiger partial charge in [-0.15, -0.1) is 0 Å².